The molecule has 0 aliphatic rings. The third-order valence-electron chi connectivity index (χ3n) is 2.36. The summed E-state index contributed by atoms with van der Waals surface area (Å²) in [7, 11) is 1.96. The molecule has 0 unspecified atom stereocenters. The fraction of sp³-hybridized carbons (Fsp3) is 0.182. The first-order valence-corrected chi connectivity index (χ1v) is 4.52. The average molecular weight is 187 g/mol. The Balaban J connectivity index is 2.57. The molecule has 0 radical (unpaired) electrons. The second-order valence-corrected chi connectivity index (χ2v) is 3.44. The molecule has 0 saturated carbocycles. The number of nitrogen functional groups attached to an aromatic ring is 1. The summed E-state index contributed by atoms with van der Waals surface area (Å²) in [6, 6.07) is 5.89. The summed E-state index contributed by atoms with van der Waals surface area (Å²) in [6.45, 7) is 2.01. The standard InChI is InChI=1S/C11H13N3/c1-8-9(4-3-5-10(8)12)11-6-14(2)7-13-11/h3-7H,12H2,1-2H3. The van der Waals surface area contributed by atoms with Crippen molar-refractivity contribution in [1.29, 1.82) is 0 Å². The molecule has 0 fully saturated rings. The Hall–Kier alpha value is -1.77. The van der Waals surface area contributed by atoms with E-state index in [1.165, 1.54) is 0 Å². The Kier molecular flexibility index (Phi) is 2.00. The fourth-order valence-electron chi connectivity index (χ4n) is 1.48. The van der Waals surface area contributed by atoms with Crippen molar-refractivity contribution in [3.8, 4) is 11.3 Å². The van der Waals surface area contributed by atoms with Crippen LogP contribution < -0.4 is 5.73 Å². The van der Waals surface area contributed by atoms with E-state index in [0.29, 0.717) is 0 Å². The van der Waals surface area contributed by atoms with E-state index in [2.05, 4.69) is 4.98 Å². The SMILES string of the molecule is Cc1c(N)cccc1-c1cn(C)cn1. The van der Waals surface area contributed by atoms with Crippen molar-refractivity contribution in [3.63, 3.8) is 0 Å². The fourth-order valence-corrected chi connectivity index (χ4v) is 1.48. The highest BCUT2D eigenvalue weighted by Crippen LogP contribution is 2.24. The van der Waals surface area contributed by atoms with Crippen LogP contribution in [0.5, 0.6) is 0 Å². The van der Waals surface area contributed by atoms with Gasteiger partial charge in [0.05, 0.1) is 12.0 Å². The Labute approximate surface area is 83.2 Å². The van der Waals surface area contributed by atoms with Crippen LogP contribution in [0, 0.1) is 6.92 Å². The number of benzene rings is 1. The van der Waals surface area contributed by atoms with Gasteiger partial charge in [0.2, 0.25) is 0 Å². The number of hydrogen-bond donors (Lipinski definition) is 1. The van der Waals surface area contributed by atoms with E-state index in [1.807, 2.05) is 42.9 Å². The van der Waals surface area contributed by atoms with Crippen LogP contribution in [0.25, 0.3) is 11.3 Å². The summed E-state index contributed by atoms with van der Waals surface area (Å²) in [4.78, 5) is 4.30. The second kappa shape index (κ2) is 3.18. The third kappa shape index (κ3) is 1.37. The first kappa shape index (κ1) is 8.81. The average Bonchev–Trinajstić information content (AvgIpc) is 2.57. The van der Waals surface area contributed by atoms with Crippen molar-refractivity contribution in [3.05, 3.63) is 36.3 Å². The van der Waals surface area contributed by atoms with Crippen LogP contribution in [0.2, 0.25) is 0 Å². The van der Waals surface area contributed by atoms with Gasteiger partial charge in [-0.15, -0.1) is 0 Å². The molecule has 2 aromatic rings. The minimum atomic E-state index is 0.813. The van der Waals surface area contributed by atoms with E-state index in [9.17, 15) is 0 Å². The van der Waals surface area contributed by atoms with Gasteiger partial charge in [-0.1, -0.05) is 12.1 Å². The highest BCUT2D eigenvalue weighted by Gasteiger charge is 2.05. The molecular formula is C11H13N3. The van der Waals surface area contributed by atoms with Crippen molar-refractivity contribution >= 4 is 5.69 Å². The molecule has 0 spiro atoms. The van der Waals surface area contributed by atoms with Crippen LogP contribution in [0.1, 0.15) is 5.56 Å². The van der Waals surface area contributed by atoms with Crippen LogP contribution in [-0.2, 0) is 7.05 Å². The zero-order valence-corrected chi connectivity index (χ0v) is 8.36. The maximum atomic E-state index is 5.83. The summed E-state index contributed by atoms with van der Waals surface area (Å²) in [5, 5.41) is 0. The number of rotatable bonds is 1. The van der Waals surface area contributed by atoms with Gasteiger partial charge in [-0.2, -0.15) is 0 Å². The van der Waals surface area contributed by atoms with E-state index in [-0.39, 0.29) is 0 Å². The van der Waals surface area contributed by atoms with E-state index >= 15 is 0 Å². The number of anilines is 1. The molecule has 0 saturated heterocycles. The van der Waals surface area contributed by atoms with Gasteiger partial charge in [0, 0.05) is 24.5 Å². The van der Waals surface area contributed by atoms with Gasteiger partial charge in [-0.05, 0) is 18.6 Å². The third-order valence-corrected chi connectivity index (χ3v) is 2.36. The largest absolute Gasteiger partial charge is 0.398 e. The number of nitrogens with two attached hydrogens (primary N) is 1. The quantitative estimate of drug-likeness (QED) is 0.694. The molecule has 3 nitrogen and oxygen atoms in total. The van der Waals surface area contributed by atoms with Crippen molar-refractivity contribution in [2.75, 3.05) is 5.73 Å². The van der Waals surface area contributed by atoms with E-state index in [1.54, 1.807) is 6.33 Å². The van der Waals surface area contributed by atoms with Gasteiger partial charge in [-0.3, -0.25) is 0 Å². The Bertz CT molecular complexity index is 457. The van der Waals surface area contributed by atoms with Crippen LogP contribution in [0.3, 0.4) is 0 Å². The highest BCUT2D eigenvalue weighted by molar-refractivity contribution is 5.69. The number of aryl methyl sites for hydroxylation is 1. The number of imidazole rings is 1. The predicted octanol–water partition coefficient (Wildman–Crippen LogP) is 1.98. The molecule has 72 valence electrons. The molecule has 2 rings (SSSR count). The highest BCUT2D eigenvalue weighted by atomic mass is 15.0. The van der Waals surface area contributed by atoms with Gasteiger partial charge in [0.15, 0.2) is 0 Å². The zero-order valence-electron chi connectivity index (χ0n) is 8.36. The lowest BCUT2D eigenvalue weighted by Crippen LogP contribution is -1.91. The van der Waals surface area contributed by atoms with E-state index in [0.717, 1.165) is 22.5 Å². The van der Waals surface area contributed by atoms with Crippen molar-refractivity contribution < 1.29 is 0 Å². The summed E-state index contributed by atoms with van der Waals surface area (Å²) in [5.74, 6) is 0. The summed E-state index contributed by atoms with van der Waals surface area (Å²) < 4.78 is 1.93. The lowest BCUT2D eigenvalue weighted by atomic mass is 10.0. The molecule has 1 heterocycles. The zero-order chi connectivity index (χ0) is 10.1. The lowest BCUT2D eigenvalue weighted by Gasteiger charge is -2.04. The summed E-state index contributed by atoms with van der Waals surface area (Å²) in [5.41, 5.74) is 9.80. The van der Waals surface area contributed by atoms with E-state index < -0.39 is 0 Å². The molecule has 1 aromatic heterocycles. The number of aromatic nitrogens is 2. The van der Waals surface area contributed by atoms with Gasteiger partial charge in [-0.25, -0.2) is 4.98 Å². The molecule has 0 atom stereocenters. The topological polar surface area (TPSA) is 43.8 Å². The maximum Gasteiger partial charge on any atom is 0.0951 e. The second-order valence-electron chi connectivity index (χ2n) is 3.44. The molecule has 1 aromatic carbocycles. The van der Waals surface area contributed by atoms with Crippen molar-refractivity contribution in [2.45, 2.75) is 6.92 Å². The molecule has 3 heteroatoms. The molecular weight excluding hydrogens is 174 g/mol. The minimum absolute atomic E-state index is 0.813. The van der Waals surface area contributed by atoms with Crippen LogP contribution in [-0.4, -0.2) is 9.55 Å². The Morgan fingerprint density at radius 3 is 2.79 bits per heavy atom. The van der Waals surface area contributed by atoms with Crippen LogP contribution in [0.4, 0.5) is 5.69 Å². The van der Waals surface area contributed by atoms with Gasteiger partial charge in [0.25, 0.3) is 0 Å². The molecule has 0 amide bonds. The normalized spacial score (nSPS) is 10.4. The summed E-state index contributed by atoms with van der Waals surface area (Å²) >= 11 is 0. The Morgan fingerprint density at radius 2 is 2.14 bits per heavy atom. The molecule has 0 aliphatic heterocycles. The van der Waals surface area contributed by atoms with Crippen molar-refractivity contribution in [1.82, 2.24) is 9.55 Å². The van der Waals surface area contributed by atoms with Gasteiger partial charge >= 0.3 is 0 Å². The lowest BCUT2D eigenvalue weighted by molar-refractivity contribution is 0.913. The predicted molar refractivity (Wildman–Crippen MR) is 57.8 cm³/mol. The maximum absolute atomic E-state index is 5.83. The van der Waals surface area contributed by atoms with Gasteiger partial charge in [0.1, 0.15) is 0 Å². The molecule has 0 bridgehead atoms. The molecule has 2 N–H and O–H groups in total. The first-order valence-electron chi connectivity index (χ1n) is 4.52. The minimum Gasteiger partial charge on any atom is -0.398 e. The molecule has 14 heavy (non-hydrogen) atoms. The number of nitrogens with zero attached hydrogens (tertiary/aromatic N) is 2. The monoisotopic (exact) mass is 187 g/mol. The smallest absolute Gasteiger partial charge is 0.0951 e. The number of hydrogen-bond acceptors (Lipinski definition) is 2. The summed E-state index contributed by atoms with van der Waals surface area (Å²) in [6.07, 6.45) is 3.78. The van der Waals surface area contributed by atoms with Crippen molar-refractivity contribution in [2.24, 2.45) is 7.05 Å². The van der Waals surface area contributed by atoms with Gasteiger partial charge < -0.3 is 10.3 Å². The van der Waals surface area contributed by atoms with E-state index in [4.69, 9.17) is 5.73 Å². The first-order chi connectivity index (χ1) is 6.68. The molecule has 0 aliphatic carbocycles. The van der Waals surface area contributed by atoms with Crippen LogP contribution in [0.15, 0.2) is 30.7 Å². The van der Waals surface area contributed by atoms with Crippen LogP contribution >= 0.6 is 0 Å². The Morgan fingerprint density at radius 1 is 1.36 bits per heavy atom.